The number of para-hydroxylation sites is 1. The van der Waals surface area contributed by atoms with Crippen molar-refractivity contribution in [3.8, 4) is 22.3 Å². The first-order chi connectivity index (χ1) is 16.3. The van der Waals surface area contributed by atoms with Gasteiger partial charge in [0.15, 0.2) is 0 Å². The van der Waals surface area contributed by atoms with Gasteiger partial charge in [-0.15, -0.1) is 0 Å². The predicted molar refractivity (Wildman–Crippen MR) is 140 cm³/mol. The predicted octanol–water partition coefficient (Wildman–Crippen LogP) is 9.58. The molecule has 33 heavy (non-hydrogen) atoms. The zero-order valence-corrected chi connectivity index (χ0v) is 19.1. The maximum atomic E-state index is 6.62. The quantitative estimate of drug-likeness (QED) is 0.242. The third-order valence-corrected chi connectivity index (χ3v) is 6.82. The minimum Gasteiger partial charge on any atom is -0.455 e. The van der Waals surface area contributed by atoms with Crippen LogP contribution in [0.5, 0.6) is 0 Å². The van der Waals surface area contributed by atoms with Gasteiger partial charge in [-0.2, -0.15) is 0 Å². The van der Waals surface area contributed by atoms with E-state index in [9.17, 15) is 0 Å². The topological polar surface area (TPSA) is 26.3 Å². The molecule has 2 nitrogen and oxygen atoms in total. The number of hydrogen-bond acceptors (Lipinski definition) is 2. The van der Waals surface area contributed by atoms with Gasteiger partial charge >= 0.3 is 0 Å². The maximum Gasteiger partial charge on any atom is 0.144 e. The Balaban J connectivity index is 1.83. The van der Waals surface area contributed by atoms with E-state index in [4.69, 9.17) is 8.83 Å². The summed E-state index contributed by atoms with van der Waals surface area (Å²) in [5.74, 6) is 0. The summed E-state index contributed by atoms with van der Waals surface area (Å²) >= 11 is 3.66. The SMILES string of the molecule is Brc1ccc2oc3c(-c4ccccc4)c4c(oc5ccccc54)c(-c4ccccc4)c3c2c1. The minimum absolute atomic E-state index is 0.861. The smallest absolute Gasteiger partial charge is 0.144 e. The van der Waals surface area contributed by atoms with Crippen molar-refractivity contribution in [2.75, 3.05) is 0 Å². The van der Waals surface area contributed by atoms with Crippen LogP contribution in [0.2, 0.25) is 0 Å². The lowest BCUT2D eigenvalue weighted by Crippen LogP contribution is -1.87. The summed E-state index contributed by atoms with van der Waals surface area (Å²) in [7, 11) is 0. The Labute approximate surface area is 198 Å². The van der Waals surface area contributed by atoms with E-state index < -0.39 is 0 Å². The number of benzene rings is 5. The Morgan fingerprint density at radius 3 is 1.64 bits per heavy atom. The largest absolute Gasteiger partial charge is 0.455 e. The lowest BCUT2D eigenvalue weighted by molar-refractivity contribution is 0.665. The van der Waals surface area contributed by atoms with Crippen molar-refractivity contribution in [3.63, 3.8) is 0 Å². The van der Waals surface area contributed by atoms with Crippen molar-refractivity contribution >= 4 is 59.8 Å². The molecule has 7 aromatic rings. The Hall–Kier alpha value is -3.82. The monoisotopic (exact) mass is 488 g/mol. The molecule has 156 valence electrons. The van der Waals surface area contributed by atoms with Crippen molar-refractivity contribution in [1.82, 2.24) is 0 Å². The number of furan rings is 2. The Morgan fingerprint density at radius 1 is 0.485 bits per heavy atom. The van der Waals surface area contributed by atoms with E-state index in [1.165, 1.54) is 0 Å². The molecule has 0 atom stereocenters. The first kappa shape index (κ1) is 18.7. The molecule has 5 aromatic carbocycles. The molecule has 0 amide bonds. The fraction of sp³-hybridized carbons (Fsp3) is 0. The van der Waals surface area contributed by atoms with Crippen LogP contribution in [0.4, 0.5) is 0 Å². The van der Waals surface area contributed by atoms with E-state index in [2.05, 4.69) is 82.7 Å². The summed E-state index contributed by atoms with van der Waals surface area (Å²) in [6.07, 6.45) is 0. The van der Waals surface area contributed by atoms with E-state index in [0.29, 0.717) is 0 Å². The van der Waals surface area contributed by atoms with Gasteiger partial charge in [0.05, 0.1) is 0 Å². The van der Waals surface area contributed by atoms with Gasteiger partial charge in [0, 0.05) is 37.1 Å². The van der Waals surface area contributed by atoms with Crippen LogP contribution in [0.3, 0.4) is 0 Å². The highest BCUT2D eigenvalue weighted by Gasteiger charge is 2.26. The zero-order chi connectivity index (χ0) is 21.9. The molecular weight excluding hydrogens is 472 g/mol. The Morgan fingerprint density at radius 2 is 1.00 bits per heavy atom. The minimum atomic E-state index is 0.861. The molecule has 0 aliphatic rings. The van der Waals surface area contributed by atoms with Crippen molar-refractivity contribution in [1.29, 1.82) is 0 Å². The number of halogens is 1. The van der Waals surface area contributed by atoms with Crippen LogP contribution in [0.1, 0.15) is 0 Å². The molecule has 0 saturated heterocycles. The molecule has 3 heteroatoms. The lowest BCUT2D eigenvalue weighted by Gasteiger charge is -2.11. The molecule has 2 heterocycles. The molecule has 0 aliphatic heterocycles. The number of hydrogen-bond donors (Lipinski definition) is 0. The molecule has 0 bridgehead atoms. The summed E-state index contributed by atoms with van der Waals surface area (Å²) in [4.78, 5) is 0. The van der Waals surface area contributed by atoms with Gasteiger partial charge in [-0.25, -0.2) is 0 Å². The second kappa shape index (κ2) is 7.09. The van der Waals surface area contributed by atoms with Crippen LogP contribution in [0.25, 0.3) is 66.1 Å². The van der Waals surface area contributed by atoms with Crippen molar-refractivity contribution < 1.29 is 8.83 Å². The van der Waals surface area contributed by atoms with Crippen molar-refractivity contribution in [2.45, 2.75) is 0 Å². The van der Waals surface area contributed by atoms with E-state index in [0.717, 1.165) is 70.6 Å². The Kier molecular flexibility index (Phi) is 4.02. The molecule has 0 fully saturated rings. The van der Waals surface area contributed by atoms with Gasteiger partial charge in [0.2, 0.25) is 0 Å². The van der Waals surface area contributed by atoms with E-state index in [-0.39, 0.29) is 0 Å². The highest BCUT2D eigenvalue weighted by molar-refractivity contribution is 9.10. The third kappa shape index (κ3) is 2.73. The fourth-order valence-electron chi connectivity index (χ4n) is 4.95. The molecule has 0 radical (unpaired) electrons. The zero-order valence-electron chi connectivity index (χ0n) is 17.5. The van der Waals surface area contributed by atoms with Crippen LogP contribution in [-0.4, -0.2) is 0 Å². The molecule has 0 unspecified atom stereocenters. The van der Waals surface area contributed by atoms with Gasteiger partial charge in [-0.1, -0.05) is 94.8 Å². The normalized spacial score (nSPS) is 11.8. The molecular formula is C30H17BrO2. The first-order valence-electron chi connectivity index (χ1n) is 10.9. The van der Waals surface area contributed by atoms with Gasteiger partial charge in [-0.05, 0) is 35.4 Å². The van der Waals surface area contributed by atoms with Crippen LogP contribution in [0.15, 0.2) is 116 Å². The van der Waals surface area contributed by atoms with E-state index in [1.807, 2.05) is 36.4 Å². The summed E-state index contributed by atoms with van der Waals surface area (Å²) in [5.41, 5.74) is 7.85. The second-order valence-electron chi connectivity index (χ2n) is 8.23. The standard InChI is InChI=1S/C30H17BrO2/c31-20-15-16-24-22(17-20)28-26(19-11-5-2-6-12-19)29-27(21-13-7-8-14-23(21)32-29)25(30(28)33-24)18-9-3-1-4-10-18/h1-17H. The molecule has 0 N–H and O–H groups in total. The number of rotatable bonds is 2. The molecule has 0 saturated carbocycles. The highest BCUT2D eigenvalue weighted by Crippen LogP contribution is 2.50. The third-order valence-electron chi connectivity index (χ3n) is 6.32. The summed E-state index contributed by atoms with van der Waals surface area (Å²) < 4.78 is 14.2. The summed E-state index contributed by atoms with van der Waals surface area (Å²) in [6.45, 7) is 0. The van der Waals surface area contributed by atoms with E-state index in [1.54, 1.807) is 0 Å². The molecule has 0 aliphatic carbocycles. The molecule has 7 rings (SSSR count). The Bertz CT molecular complexity index is 1810. The number of fused-ring (bicyclic) bond motifs is 6. The van der Waals surface area contributed by atoms with Gasteiger partial charge < -0.3 is 8.83 Å². The van der Waals surface area contributed by atoms with Crippen molar-refractivity contribution in [2.24, 2.45) is 0 Å². The highest BCUT2D eigenvalue weighted by atomic mass is 79.9. The molecule has 2 aromatic heterocycles. The van der Waals surface area contributed by atoms with Crippen LogP contribution in [-0.2, 0) is 0 Å². The average Bonchev–Trinajstić information content (AvgIpc) is 3.42. The van der Waals surface area contributed by atoms with E-state index >= 15 is 0 Å². The van der Waals surface area contributed by atoms with Crippen LogP contribution >= 0.6 is 15.9 Å². The van der Waals surface area contributed by atoms with Gasteiger partial charge in [0.1, 0.15) is 22.3 Å². The summed E-state index contributed by atoms with van der Waals surface area (Å²) in [6, 6.07) is 35.4. The second-order valence-corrected chi connectivity index (χ2v) is 9.15. The first-order valence-corrected chi connectivity index (χ1v) is 11.7. The molecule has 0 spiro atoms. The van der Waals surface area contributed by atoms with Gasteiger partial charge in [-0.3, -0.25) is 0 Å². The van der Waals surface area contributed by atoms with Crippen molar-refractivity contribution in [3.05, 3.63) is 108 Å². The average molecular weight is 489 g/mol. The van der Waals surface area contributed by atoms with Gasteiger partial charge in [0.25, 0.3) is 0 Å². The van der Waals surface area contributed by atoms with Crippen LogP contribution < -0.4 is 0 Å². The van der Waals surface area contributed by atoms with Crippen LogP contribution in [0, 0.1) is 0 Å². The fourth-order valence-corrected chi connectivity index (χ4v) is 5.31. The summed E-state index contributed by atoms with van der Waals surface area (Å²) in [5, 5.41) is 4.31. The lowest BCUT2D eigenvalue weighted by atomic mass is 9.90. The maximum absolute atomic E-state index is 6.62.